The van der Waals surface area contributed by atoms with E-state index in [0.29, 0.717) is 24.5 Å². The molecule has 140 valence electrons. The number of sulfonamides is 1. The minimum absolute atomic E-state index is 0.00805. The van der Waals surface area contributed by atoms with Crippen molar-refractivity contribution in [2.45, 2.75) is 43.9 Å². The number of benzene rings is 1. The number of nitrogens with zero attached hydrogens (tertiary/aromatic N) is 3. The maximum atomic E-state index is 12.5. The van der Waals surface area contributed by atoms with Crippen LogP contribution in [0.2, 0.25) is 0 Å². The highest BCUT2D eigenvalue weighted by Crippen LogP contribution is 2.23. The van der Waals surface area contributed by atoms with Crippen LogP contribution in [0.5, 0.6) is 0 Å². The molecule has 3 rings (SSSR count). The highest BCUT2D eigenvalue weighted by molar-refractivity contribution is 7.89. The Bertz CT molecular complexity index is 892. The Morgan fingerprint density at radius 1 is 1.12 bits per heavy atom. The summed E-state index contributed by atoms with van der Waals surface area (Å²) in [5, 5.41) is 10.2. The summed E-state index contributed by atoms with van der Waals surface area (Å²) in [7, 11) is -3.49. The maximum Gasteiger partial charge on any atom is 0.322 e. The van der Waals surface area contributed by atoms with Gasteiger partial charge < -0.3 is 4.42 Å². The highest BCUT2D eigenvalue weighted by atomic mass is 32.2. The number of aromatic nitrogens is 2. The first kappa shape index (κ1) is 18.5. The van der Waals surface area contributed by atoms with Gasteiger partial charge >= 0.3 is 6.01 Å². The van der Waals surface area contributed by atoms with E-state index in [1.807, 2.05) is 20.8 Å². The van der Waals surface area contributed by atoms with Crippen molar-refractivity contribution >= 4 is 21.9 Å². The normalized spacial score (nSPS) is 16.0. The molecular weight excluding hydrogens is 356 g/mol. The van der Waals surface area contributed by atoms with E-state index >= 15 is 0 Å². The lowest BCUT2D eigenvalue weighted by Gasteiger charge is -2.15. The monoisotopic (exact) mass is 378 g/mol. The molecule has 2 heterocycles. The van der Waals surface area contributed by atoms with E-state index in [1.165, 1.54) is 28.6 Å². The van der Waals surface area contributed by atoms with Gasteiger partial charge in [0.1, 0.15) is 0 Å². The molecule has 8 nitrogen and oxygen atoms in total. The van der Waals surface area contributed by atoms with Gasteiger partial charge in [-0.1, -0.05) is 25.9 Å². The summed E-state index contributed by atoms with van der Waals surface area (Å²) < 4.78 is 31.9. The third-order valence-corrected chi connectivity index (χ3v) is 6.02. The van der Waals surface area contributed by atoms with Gasteiger partial charge in [0.15, 0.2) is 0 Å². The molecule has 2 aromatic rings. The number of anilines is 1. The Kier molecular flexibility index (Phi) is 4.85. The van der Waals surface area contributed by atoms with Gasteiger partial charge in [-0.2, -0.15) is 4.31 Å². The molecule has 0 atom stereocenters. The van der Waals surface area contributed by atoms with E-state index in [4.69, 9.17) is 4.42 Å². The fourth-order valence-corrected chi connectivity index (χ4v) is 4.12. The standard InChI is InChI=1S/C17H22N4O4S/c1-17(2,3)15-19-20-16(25-15)18-14(22)12-6-8-13(9-7-12)26(23,24)21-10-4-5-11-21/h6-9H,4-5,10-11H2,1-3H3,(H,18,20,22). The van der Waals surface area contributed by atoms with Crippen LogP contribution in [0.3, 0.4) is 0 Å². The first-order valence-corrected chi connectivity index (χ1v) is 9.87. The summed E-state index contributed by atoms with van der Waals surface area (Å²) in [4.78, 5) is 12.5. The number of carbonyl (C=O) groups excluding carboxylic acids is 1. The lowest BCUT2D eigenvalue weighted by Crippen LogP contribution is -2.27. The smallest absolute Gasteiger partial charge is 0.322 e. The van der Waals surface area contributed by atoms with Crippen molar-refractivity contribution < 1.29 is 17.6 Å². The van der Waals surface area contributed by atoms with Gasteiger partial charge in [0.2, 0.25) is 15.9 Å². The molecule has 1 aromatic carbocycles. The third-order valence-electron chi connectivity index (χ3n) is 4.11. The lowest BCUT2D eigenvalue weighted by molar-refractivity contribution is 0.102. The van der Waals surface area contributed by atoms with Crippen LogP contribution in [0.15, 0.2) is 33.6 Å². The minimum Gasteiger partial charge on any atom is -0.407 e. The summed E-state index contributed by atoms with van der Waals surface area (Å²) in [5.41, 5.74) is -0.0115. The molecule has 0 aliphatic carbocycles. The molecule has 1 aliphatic heterocycles. The van der Waals surface area contributed by atoms with Crippen molar-refractivity contribution in [3.63, 3.8) is 0 Å². The zero-order valence-electron chi connectivity index (χ0n) is 15.0. The summed E-state index contributed by atoms with van der Waals surface area (Å²) in [6.45, 7) is 6.85. The Labute approximate surface area is 152 Å². The third kappa shape index (κ3) is 3.78. The second kappa shape index (κ2) is 6.81. The van der Waals surface area contributed by atoms with E-state index in [0.717, 1.165) is 12.8 Å². The molecule has 0 radical (unpaired) electrons. The van der Waals surface area contributed by atoms with E-state index in [2.05, 4.69) is 15.5 Å². The molecular formula is C17H22N4O4S. The molecule has 9 heteroatoms. The van der Waals surface area contributed by atoms with Gasteiger partial charge in [0.25, 0.3) is 5.91 Å². The highest BCUT2D eigenvalue weighted by Gasteiger charge is 2.27. The van der Waals surface area contributed by atoms with Crippen LogP contribution in [-0.4, -0.2) is 41.9 Å². The first-order chi connectivity index (χ1) is 12.2. The first-order valence-electron chi connectivity index (χ1n) is 8.43. The van der Waals surface area contributed by atoms with E-state index in [9.17, 15) is 13.2 Å². The molecule has 0 saturated carbocycles. The predicted octanol–water partition coefficient (Wildman–Crippen LogP) is 2.40. The number of hydrogen-bond donors (Lipinski definition) is 1. The average Bonchev–Trinajstić information content (AvgIpc) is 3.26. The van der Waals surface area contributed by atoms with Crippen LogP contribution in [-0.2, 0) is 15.4 Å². The summed E-state index contributed by atoms with van der Waals surface area (Å²) in [5.74, 6) is -0.0286. The topological polar surface area (TPSA) is 105 Å². The van der Waals surface area contributed by atoms with Crippen LogP contribution in [0, 0.1) is 0 Å². The van der Waals surface area contributed by atoms with Crippen molar-refractivity contribution in [1.29, 1.82) is 0 Å². The zero-order chi connectivity index (χ0) is 18.9. The van der Waals surface area contributed by atoms with Crippen molar-refractivity contribution in [2.24, 2.45) is 0 Å². The van der Waals surface area contributed by atoms with Crippen LogP contribution in [0.25, 0.3) is 0 Å². The quantitative estimate of drug-likeness (QED) is 0.876. The van der Waals surface area contributed by atoms with Gasteiger partial charge in [-0.25, -0.2) is 8.42 Å². The molecule has 0 unspecified atom stereocenters. The van der Waals surface area contributed by atoms with Gasteiger partial charge in [-0.3, -0.25) is 10.1 Å². The predicted molar refractivity (Wildman–Crippen MR) is 95.4 cm³/mol. The number of rotatable bonds is 4. The van der Waals surface area contributed by atoms with Crippen LogP contribution in [0.4, 0.5) is 6.01 Å². The van der Waals surface area contributed by atoms with Crippen molar-refractivity contribution in [3.8, 4) is 0 Å². The molecule has 1 amide bonds. The van der Waals surface area contributed by atoms with Gasteiger partial charge in [0.05, 0.1) is 4.90 Å². The van der Waals surface area contributed by atoms with Crippen LogP contribution in [0.1, 0.15) is 49.9 Å². The molecule has 1 fully saturated rings. The largest absolute Gasteiger partial charge is 0.407 e. The maximum absolute atomic E-state index is 12.5. The van der Waals surface area contributed by atoms with Crippen LogP contribution >= 0.6 is 0 Å². The van der Waals surface area contributed by atoms with Gasteiger partial charge in [-0.15, -0.1) is 5.10 Å². The van der Waals surface area contributed by atoms with E-state index in [1.54, 1.807) is 0 Å². The molecule has 0 bridgehead atoms. The minimum atomic E-state index is -3.49. The molecule has 1 saturated heterocycles. The Morgan fingerprint density at radius 2 is 1.73 bits per heavy atom. The van der Waals surface area contributed by atoms with Crippen molar-refractivity contribution in [2.75, 3.05) is 18.4 Å². The number of amides is 1. The number of nitrogens with one attached hydrogen (secondary N) is 1. The van der Waals surface area contributed by atoms with Crippen molar-refractivity contribution in [1.82, 2.24) is 14.5 Å². The zero-order valence-corrected chi connectivity index (χ0v) is 15.8. The fraction of sp³-hybridized carbons (Fsp3) is 0.471. The molecule has 1 aliphatic rings. The summed E-state index contributed by atoms with van der Waals surface area (Å²) in [6, 6.07) is 5.83. The lowest BCUT2D eigenvalue weighted by atomic mass is 9.97. The van der Waals surface area contributed by atoms with Gasteiger partial charge in [0, 0.05) is 24.1 Å². The number of carbonyl (C=O) groups is 1. The fourth-order valence-electron chi connectivity index (χ4n) is 2.60. The van der Waals surface area contributed by atoms with E-state index in [-0.39, 0.29) is 16.3 Å². The van der Waals surface area contributed by atoms with Crippen molar-refractivity contribution in [3.05, 3.63) is 35.7 Å². The Morgan fingerprint density at radius 3 is 2.27 bits per heavy atom. The molecule has 1 aromatic heterocycles. The molecule has 1 N–H and O–H groups in total. The summed E-state index contributed by atoms with van der Waals surface area (Å²) >= 11 is 0. The Balaban J connectivity index is 1.72. The molecule has 0 spiro atoms. The Hall–Kier alpha value is -2.26. The second-order valence-corrected chi connectivity index (χ2v) is 9.19. The number of hydrogen-bond acceptors (Lipinski definition) is 6. The van der Waals surface area contributed by atoms with Crippen LogP contribution < -0.4 is 5.32 Å². The summed E-state index contributed by atoms with van der Waals surface area (Å²) in [6.07, 6.45) is 1.75. The second-order valence-electron chi connectivity index (χ2n) is 7.25. The molecule has 26 heavy (non-hydrogen) atoms. The SMILES string of the molecule is CC(C)(C)c1nnc(NC(=O)c2ccc(S(=O)(=O)N3CCCC3)cc2)o1. The van der Waals surface area contributed by atoms with E-state index < -0.39 is 15.9 Å². The van der Waals surface area contributed by atoms with Gasteiger partial charge in [-0.05, 0) is 37.1 Å². The average molecular weight is 378 g/mol.